The number of rotatable bonds is 6. The number of hydrogen-bond donors (Lipinski definition) is 2. The number of hydrogen-bond acceptors (Lipinski definition) is 8. The van der Waals surface area contributed by atoms with Gasteiger partial charge in [0.1, 0.15) is 5.02 Å². The van der Waals surface area contributed by atoms with E-state index >= 15 is 0 Å². The quantitative estimate of drug-likeness (QED) is 0.459. The number of carbonyl (C=O) groups excluding carboxylic acids is 1. The third kappa shape index (κ3) is 4.99. The molecule has 198 valence electrons. The van der Waals surface area contributed by atoms with Gasteiger partial charge >= 0.3 is 11.1 Å². The summed E-state index contributed by atoms with van der Waals surface area (Å²) in [4.78, 5) is 51.6. The van der Waals surface area contributed by atoms with Crippen LogP contribution in [0.5, 0.6) is 0 Å². The smallest absolute Gasteiger partial charge is 0.317 e. The van der Waals surface area contributed by atoms with Crippen molar-refractivity contribution in [3.05, 3.63) is 44.2 Å². The highest BCUT2D eigenvalue weighted by Gasteiger charge is 2.47. The molecule has 14 heteroatoms. The van der Waals surface area contributed by atoms with E-state index < -0.39 is 28.9 Å². The molecule has 0 aliphatic carbocycles. The molecule has 4 rings (SSSR count). The number of aryl methyl sites for hydroxylation is 2. The Morgan fingerprint density at radius 3 is 2.49 bits per heavy atom. The van der Waals surface area contributed by atoms with Crippen LogP contribution in [0.1, 0.15) is 20.3 Å². The van der Waals surface area contributed by atoms with Crippen molar-refractivity contribution in [3.63, 3.8) is 0 Å². The molecular weight excluding hydrogens is 510 g/mol. The van der Waals surface area contributed by atoms with Crippen molar-refractivity contribution in [3.8, 4) is 0 Å². The van der Waals surface area contributed by atoms with E-state index in [1.54, 1.807) is 11.0 Å². The van der Waals surface area contributed by atoms with E-state index in [0.717, 1.165) is 4.57 Å². The molecule has 1 saturated heterocycles. The molecule has 3 aromatic rings. The number of pyridine rings is 1. The molecule has 37 heavy (non-hydrogen) atoms. The Labute approximate surface area is 215 Å². The number of nitrogens with one attached hydrogen (secondary N) is 2. The van der Waals surface area contributed by atoms with Crippen LogP contribution in [0.25, 0.3) is 11.2 Å². The van der Waals surface area contributed by atoms with Crippen molar-refractivity contribution in [2.75, 3.05) is 30.4 Å². The number of carbonyl (C=O) groups is 1. The van der Waals surface area contributed by atoms with Crippen molar-refractivity contribution >= 4 is 46.1 Å². The molecule has 2 atom stereocenters. The number of alkyl halides is 2. The molecule has 0 aromatic carbocycles. The number of halogens is 3. The molecule has 3 aromatic heterocycles. The molecule has 1 amide bonds. The second-order valence-corrected chi connectivity index (χ2v) is 9.59. The highest BCUT2D eigenvalue weighted by atomic mass is 35.5. The van der Waals surface area contributed by atoms with E-state index in [2.05, 4.69) is 25.6 Å². The summed E-state index contributed by atoms with van der Waals surface area (Å²) >= 11 is 6.32. The lowest BCUT2D eigenvalue weighted by molar-refractivity contribution is -0.120. The summed E-state index contributed by atoms with van der Waals surface area (Å²) < 4.78 is 30.9. The maximum atomic E-state index is 14.3. The minimum atomic E-state index is -2.78. The molecule has 0 bridgehead atoms. The Morgan fingerprint density at radius 2 is 1.84 bits per heavy atom. The van der Waals surface area contributed by atoms with Crippen LogP contribution in [0.3, 0.4) is 0 Å². The van der Waals surface area contributed by atoms with Crippen molar-refractivity contribution in [1.29, 1.82) is 0 Å². The van der Waals surface area contributed by atoms with Gasteiger partial charge < -0.3 is 20.1 Å². The summed E-state index contributed by atoms with van der Waals surface area (Å²) in [7, 11) is 2.92. The van der Waals surface area contributed by atoms with Gasteiger partial charge in [-0.3, -0.25) is 19.0 Å². The van der Waals surface area contributed by atoms with Gasteiger partial charge in [-0.1, -0.05) is 25.4 Å². The fourth-order valence-electron chi connectivity index (χ4n) is 4.36. The van der Waals surface area contributed by atoms with Crippen LogP contribution >= 0.6 is 11.6 Å². The largest absolute Gasteiger partial charge is 0.359 e. The van der Waals surface area contributed by atoms with Crippen LogP contribution in [0.2, 0.25) is 5.02 Å². The van der Waals surface area contributed by atoms with E-state index in [9.17, 15) is 23.2 Å². The van der Waals surface area contributed by atoms with Gasteiger partial charge in [0.2, 0.25) is 11.9 Å². The number of fused-ring (bicyclic) bond motifs is 1. The summed E-state index contributed by atoms with van der Waals surface area (Å²) in [6.45, 7) is 3.14. The lowest BCUT2D eigenvalue weighted by atomic mass is 9.87. The molecule has 0 saturated carbocycles. The Kier molecular flexibility index (Phi) is 7.18. The van der Waals surface area contributed by atoms with E-state index in [0.29, 0.717) is 11.2 Å². The van der Waals surface area contributed by atoms with Crippen molar-refractivity contribution < 1.29 is 13.6 Å². The fourth-order valence-corrected chi connectivity index (χ4v) is 4.50. The van der Waals surface area contributed by atoms with Crippen molar-refractivity contribution in [2.24, 2.45) is 18.9 Å². The topological polar surface area (TPSA) is 127 Å². The zero-order chi connectivity index (χ0) is 27.1. The number of aromatic nitrogens is 5. The first-order valence-corrected chi connectivity index (χ1v) is 12.0. The SMILES string of the molecule is CNC(=O)CCn1c(=O)c(=O)n(C)c2ncc(Nc3nc(N4C[C@@H](C)C(F)(F)[C@@H](C)C4)ncc3Cl)cc21. The maximum Gasteiger partial charge on any atom is 0.317 e. The molecule has 1 aliphatic heterocycles. The molecule has 2 N–H and O–H groups in total. The standard InChI is InChI=1S/C23H27ClF2N8O3/c1-12-10-33(11-13(2)23(12,25)26)22-29-9-15(24)18(31-22)30-14-7-16-19(28-8-14)32(4)20(36)21(37)34(16)6-5-17(35)27-3/h7-9,12-13H,5-6,10-11H2,1-4H3,(H,27,35)(H,29,30,31)/t12-,13+. The third-order valence-electron chi connectivity index (χ3n) is 6.61. The first kappa shape index (κ1) is 26.5. The summed E-state index contributed by atoms with van der Waals surface area (Å²) in [5.74, 6) is -4.37. The Balaban J connectivity index is 1.69. The second kappa shape index (κ2) is 10.0. The Morgan fingerprint density at radius 1 is 1.16 bits per heavy atom. The van der Waals surface area contributed by atoms with Gasteiger partial charge in [0.25, 0.3) is 5.92 Å². The minimum Gasteiger partial charge on any atom is -0.359 e. The van der Waals surface area contributed by atoms with Gasteiger partial charge in [-0.05, 0) is 6.07 Å². The van der Waals surface area contributed by atoms with Crippen LogP contribution in [0, 0.1) is 11.8 Å². The van der Waals surface area contributed by atoms with E-state index in [4.69, 9.17) is 11.6 Å². The molecule has 0 unspecified atom stereocenters. The number of nitrogens with zero attached hydrogens (tertiary/aromatic N) is 6. The van der Waals surface area contributed by atoms with Gasteiger partial charge in [0.05, 0.1) is 23.6 Å². The van der Waals surface area contributed by atoms with E-state index in [1.807, 2.05) is 0 Å². The van der Waals surface area contributed by atoms with Crippen LogP contribution in [-0.2, 0) is 18.4 Å². The van der Waals surface area contributed by atoms with Gasteiger partial charge in [-0.25, -0.2) is 18.7 Å². The summed E-state index contributed by atoms with van der Waals surface area (Å²) in [6.07, 6.45) is 2.81. The van der Waals surface area contributed by atoms with Gasteiger partial charge in [-0.15, -0.1) is 0 Å². The van der Waals surface area contributed by atoms with E-state index in [1.165, 1.54) is 44.9 Å². The normalized spacial score (nSPS) is 19.2. The van der Waals surface area contributed by atoms with Crippen LogP contribution < -0.4 is 26.7 Å². The molecular formula is C23H27ClF2N8O3. The predicted octanol–water partition coefficient (Wildman–Crippen LogP) is 2.15. The van der Waals surface area contributed by atoms with E-state index in [-0.39, 0.29) is 54.4 Å². The monoisotopic (exact) mass is 536 g/mol. The van der Waals surface area contributed by atoms with Gasteiger partial charge in [0, 0.05) is 52.0 Å². The van der Waals surface area contributed by atoms with Crippen LogP contribution in [0.4, 0.5) is 26.2 Å². The summed E-state index contributed by atoms with van der Waals surface area (Å²) in [6, 6.07) is 1.59. The van der Waals surface area contributed by atoms with Crippen molar-refractivity contribution in [1.82, 2.24) is 29.4 Å². The summed E-state index contributed by atoms with van der Waals surface area (Å²) in [5.41, 5.74) is -0.578. The highest BCUT2D eigenvalue weighted by molar-refractivity contribution is 6.32. The van der Waals surface area contributed by atoms with Crippen molar-refractivity contribution in [2.45, 2.75) is 32.7 Å². The molecule has 1 aliphatic rings. The molecule has 0 radical (unpaired) electrons. The zero-order valence-electron chi connectivity index (χ0n) is 20.8. The fraction of sp³-hybridized carbons (Fsp3) is 0.478. The number of anilines is 3. The highest BCUT2D eigenvalue weighted by Crippen LogP contribution is 2.38. The average Bonchev–Trinajstić information content (AvgIpc) is 2.87. The molecule has 0 spiro atoms. The first-order chi connectivity index (χ1) is 17.4. The summed E-state index contributed by atoms with van der Waals surface area (Å²) in [5, 5.41) is 5.70. The van der Waals surface area contributed by atoms with Crippen LogP contribution in [0.15, 0.2) is 28.0 Å². The lowest BCUT2D eigenvalue weighted by Gasteiger charge is -2.41. The average molecular weight is 537 g/mol. The Hall–Kier alpha value is -3.61. The number of amides is 1. The first-order valence-electron chi connectivity index (χ1n) is 11.7. The molecule has 1 fully saturated rings. The van der Waals surface area contributed by atoms with Gasteiger partial charge in [-0.2, -0.15) is 4.98 Å². The number of piperidine rings is 1. The molecule has 4 heterocycles. The molecule has 11 nitrogen and oxygen atoms in total. The Bertz CT molecular complexity index is 1460. The maximum absolute atomic E-state index is 14.3. The van der Waals surface area contributed by atoms with Gasteiger partial charge in [0.15, 0.2) is 11.5 Å². The minimum absolute atomic E-state index is 0.0108. The second-order valence-electron chi connectivity index (χ2n) is 9.18. The predicted molar refractivity (Wildman–Crippen MR) is 136 cm³/mol. The zero-order valence-corrected chi connectivity index (χ0v) is 21.5. The van der Waals surface area contributed by atoms with Crippen LogP contribution in [-0.4, -0.2) is 56.1 Å². The third-order valence-corrected chi connectivity index (χ3v) is 6.89. The lowest BCUT2D eigenvalue weighted by Crippen LogP contribution is -2.52.